The zero-order valence-corrected chi connectivity index (χ0v) is 12.8. The highest BCUT2D eigenvalue weighted by Crippen LogP contribution is 2.22. The lowest BCUT2D eigenvalue weighted by Crippen LogP contribution is -1.98. The minimum atomic E-state index is 1.03. The molecule has 0 bridgehead atoms. The van der Waals surface area contributed by atoms with E-state index in [4.69, 9.17) is 0 Å². The van der Waals surface area contributed by atoms with Gasteiger partial charge in [-0.2, -0.15) is 0 Å². The van der Waals surface area contributed by atoms with Crippen molar-refractivity contribution in [1.82, 2.24) is 4.57 Å². The summed E-state index contributed by atoms with van der Waals surface area (Å²) < 4.78 is 3.45. The lowest BCUT2D eigenvalue weighted by atomic mass is 10.2. The highest BCUT2D eigenvalue weighted by atomic mass is 79.9. The van der Waals surface area contributed by atoms with E-state index in [1.807, 2.05) is 11.8 Å². The van der Waals surface area contributed by atoms with Gasteiger partial charge in [0, 0.05) is 33.4 Å². The van der Waals surface area contributed by atoms with Crippen LogP contribution in [0.2, 0.25) is 0 Å². The molecule has 0 saturated heterocycles. The number of aromatic nitrogens is 1. The summed E-state index contributed by atoms with van der Waals surface area (Å²) in [4.78, 5) is 1.33. The summed E-state index contributed by atoms with van der Waals surface area (Å²) >= 11 is 5.44. The Hall–Kier alpha value is -1.19. The average molecular weight is 332 g/mol. The van der Waals surface area contributed by atoms with Crippen molar-refractivity contribution in [1.29, 1.82) is 0 Å². The predicted molar refractivity (Wildman–Crippen MR) is 86.8 cm³/mol. The molecule has 0 amide bonds. The average Bonchev–Trinajstić information content (AvgIpc) is 2.83. The van der Waals surface area contributed by atoms with Gasteiger partial charge in [-0.1, -0.05) is 40.2 Å². The minimum absolute atomic E-state index is 1.03. The number of thioether (sulfide) groups is 1. The molecular formula is C16H14BrNS. The maximum atomic E-state index is 3.54. The molecule has 0 spiro atoms. The maximum absolute atomic E-state index is 3.54. The van der Waals surface area contributed by atoms with Crippen molar-refractivity contribution in [3.63, 3.8) is 0 Å². The van der Waals surface area contributed by atoms with Crippen LogP contribution in [0, 0.1) is 0 Å². The third-order valence-corrected chi connectivity index (χ3v) is 4.57. The molecule has 0 saturated carbocycles. The van der Waals surface area contributed by atoms with Crippen molar-refractivity contribution in [2.75, 3.05) is 5.75 Å². The first-order chi connectivity index (χ1) is 9.33. The van der Waals surface area contributed by atoms with E-state index in [1.165, 1.54) is 15.8 Å². The van der Waals surface area contributed by atoms with Crippen LogP contribution in [0.5, 0.6) is 0 Å². The SMILES string of the molecule is Brc1ccc2ccn(CCSc3ccccc3)c2c1. The summed E-state index contributed by atoms with van der Waals surface area (Å²) in [5.74, 6) is 1.08. The van der Waals surface area contributed by atoms with Gasteiger partial charge in [0.15, 0.2) is 0 Å². The van der Waals surface area contributed by atoms with Crippen LogP contribution in [0.4, 0.5) is 0 Å². The van der Waals surface area contributed by atoms with Crippen molar-refractivity contribution in [3.05, 3.63) is 65.3 Å². The fourth-order valence-electron chi connectivity index (χ4n) is 2.13. The third kappa shape index (κ3) is 3.04. The van der Waals surface area contributed by atoms with Gasteiger partial charge in [0.1, 0.15) is 0 Å². The lowest BCUT2D eigenvalue weighted by molar-refractivity contribution is 0.807. The second kappa shape index (κ2) is 5.85. The maximum Gasteiger partial charge on any atom is 0.0491 e. The van der Waals surface area contributed by atoms with Gasteiger partial charge in [0.2, 0.25) is 0 Å². The molecule has 3 heteroatoms. The molecule has 19 heavy (non-hydrogen) atoms. The quantitative estimate of drug-likeness (QED) is 0.595. The highest BCUT2D eigenvalue weighted by Gasteiger charge is 2.01. The van der Waals surface area contributed by atoms with Crippen LogP contribution in [-0.2, 0) is 6.54 Å². The van der Waals surface area contributed by atoms with Gasteiger partial charge >= 0.3 is 0 Å². The summed E-state index contributed by atoms with van der Waals surface area (Å²) in [7, 11) is 0. The number of aryl methyl sites for hydroxylation is 1. The summed E-state index contributed by atoms with van der Waals surface area (Å²) in [6.45, 7) is 1.03. The van der Waals surface area contributed by atoms with Crippen LogP contribution in [0.1, 0.15) is 0 Å². The van der Waals surface area contributed by atoms with E-state index in [1.54, 1.807) is 0 Å². The van der Waals surface area contributed by atoms with Gasteiger partial charge in [-0.25, -0.2) is 0 Å². The van der Waals surface area contributed by atoms with E-state index >= 15 is 0 Å². The monoisotopic (exact) mass is 331 g/mol. The Morgan fingerprint density at radius 3 is 2.68 bits per heavy atom. The summed E-state index contributed by atoms with van der Waals surface area (Å²) in [6.07, 6.45) is 2.17. The molecule has 3 rings (SSSR count). The van der Waals surface area contributed by atoms with E-state index in [9.17, 15) is 0 Å². The fraction of sp³-hybridized carbons (Fsp3) is 0.125. The number of hydrogen-bond acceptors (Lipinski definition) is 1. The van der Waals surface area contributed by atoms with E-state index in [0.717, 1.165) is 16.8 Å². The number of benzene rings is 2. The molecule has 2 aromatic carbocycles. The van der Waals surface area contributed by atoms with Gasteiger partial charge in [-0.05, 0) is 35.7 Å². The first-order valence-corrected chi connectivity index (χ1v) is 8.03. The van der Waals surface area contributed by atoms with Crippen molar-refractivity contribution < 1.29 is 0 Å². The summed E-state index contributed by atoms with van der Waals surface area (Å²) in [6, 6.07) is 19.2. The first kappa shape index (κ1) is 12.8. The Bertz CT molecular complexity index is 676. The standard InChI is InChI=1S/C16H14BrNS/c17-14-7-6-13-8-9-18(16(13)12-14)10-11-19-15-4-2-1-3-5-15/h1-9,12H,10-11H2. The molecular weight excluding hydrogens is 318 g/mol. The van der Waals surface area contributed by atoms with Crippen molar-refractivity contribution in [2.24, 2.45) is 0 Å². The highest BCUT2D eigenvalue weighted by molar-refractivity contribution is 9.10. The van der Waals surface area contributed by atoms with E-state index in [-0.39, 0.29) is 0 Å². The Kier molecular flexibility index (Phi) is 3.95. The van der Waals surface area contributed by atoms with Crippen LogP contribution in [0.25, 0.3) is 10.9 Å². The molecule has 0 aliphatic carbocycles. The first-order valence-electron chi connectivity index (χ1n) is 6.25. The Morgan fingerprint density at radius 1 is 1.00 bits per heavy atom. The summed E-state index contributed by atoms with van der Waals surface area (Å²) in [5, 5.41) is 1.30. The number of hydrogen-bond donors (Lipinski definition) is 0. The van der Waals surface area contributed by atoms with E-state index < -0.39 is 0 Å². The van der Waals surface area contributed by atoms with Gasteiger partial charge in [0.05, 0.1) is 0 Å². The van der Waals surface area contributed by atoms with E-state index in [2.05, 4.69) is 81.3 Å². The van der Waals surface area contributed by atoms with Crippen LogP contribution < -0.4 is 0 Å². The van der Waals surface area contributed by atoms with Gasteiger partial charge in [0.25, 0.3) is 0 Å². The lowest BCUT2D eigenvalue weighted by Gasteiger charge is -2.06. The van der Waals surface area contributed by atoms with Crippen molar-refractivity contribution in [3.8, 4) is 0 Å². The minimum Gasteiger partial charge on any atom is -0.347 e. The fourth-order valence-corrected chi connectivity index (χ4v) is 3.35. The molecule has 0 fully saturated rings. The van der Waals surface area contributed by atoms with Crippen LogP contribution in [0.3, 0.4) is 0 Å². The number of fused-ring (bicyclic) bond motifs is 1. The van der Waals surface area contributed by atoms with Gasteiger partial charge in [-0.3, -0.25) is 0 Å². The van der Waals surface area contributed by atoms with Gasteiger partial charge in [-0.15, -0.1) is 11.8 Å². The Balaban J connectivity index is 1.70. The zero-order valence-electron chi connectivity index (χ0n) is 10.4. The normalized spacial score (nSPS) is 11.0. The van der Waals surface area contributed by atoms with Crippen LogP contribution in [0.15, 0.2) is 70.2 Å². The smallest absolute Gasteiger partial charge is 0.0491 e. The molecule has 0 unspecified atom stereocenters. The van der Waals surface area contributed by atoms with Crippen LogP contribution >= 0.6 is 27.7 Å². The molecule has 0 N–H and O–H groups in total. The topological polar surface area (TPSA) is 4.93 Å². The second-order valence-corrected chi connectivity index (χ2v) is 6.46. The largest absolute Gasteiger partial charge is 0.347 e. The molecule has 1 aromatic heterocycles. The molecule has 3 aromatic rings. The predicted octanol–water partition coefficient (Wildman–Crippen LogP) is 5.20. The van der Waals surface area contributed by atoms with Crippen LogP contribution in [-0.4, -0.2) is 10.3 Å². The van der Waals surface area contributed by atoms with Crippen molar-refractivity contribution >= 4 is 38.6 Å². The molecule has 1 nitrogen and oxygen atoms in total. The molecule has 96 valence electrons. The Labute approximate surface area is 125 Å². The number of halogens is 1. The second-order valence-electron chi connectivity index (χ2n) is 4.37. The third-order valence-electron chi connectivity index (χ3n) is 3.08. The van der Waals surface area contributed by atoms with Gasteiger partial charge < -0.3 is 4.57 Å². The molecule has 0 aliphatic rings. The summed E-state index contributed by atoms with van der Waals surface area (Å²) in [5.41, 5.74) is 1.29. The van der Waals surface area contributed by atoms with E-state index in [0.29, 0.717) is 0 Å². The number of rotatable bonds is 4. The molecule has 0 radical (unpaired) electrons. The molecule has 1 heterocycles. The zero-order chi connectivity index (χ0) is 13.1. The Morgan fingerprint density at radius 2 is 1.84 bits per heavy atom. The molecule has 0 atom stereocenters. The van der Waals surface area contributed by atoms with Crippen molar-refractivity contribution in [2.45, 2.75) is 11.4 Å². The molecule has 0 aliphatic heterocycles. The number of nitrogens with zero attached hydrogens (tertiary/aromatic N) is 1.